The van der Waals surface area contributed by atoms with Crippen LogP contribution in [-0.4, -0.2) is 23.7 Å². The molecule has 1 rings (SSSR count). The molecule has 2 N–H and O–H groups in total. The third-order valence-electron chi connectivity index (χ3n) is 2.22. The second kappa shape index (κ2) is 6.61. The Balaban J connectivity index is 2.71. The molecule has 0 saturated heterocycles. The molecule has 0 radical (unpaired) electrons. The van der Waals surface area contributed by atoms with E-state index >= 15 is 0 Å². The van der Waals surface area contributed by atoms with Crippen molar-refractivity contribution in [2.24, 2.45) is 0 Å². The van der Waals surface area contributed by atoms with Gasteiger partial charge in [-0.3, -0.25) is 4.79 Å². The van der Waals surface area contributed by atoms with Crippen molar-refractivity contribution < 1.29 is 14.6 Å². The summed E-state index contributed by atoms with van der Waals surface area (Å²) >= 11 is 3.32. The summed E-state index contributed by atoms with van der Waals surface area (Å²) in [6, 6.07) is 5.24. The van der Waals surface area contributed by atoms with Crippen molar-refractivity contribution in [1.29, 1.82) is 0 Å². The van der Waals surface area contributed by atoms with Crippen LogP contribution in [0, 0.1) is 0 Å². The molecule has 4 nitrogen and oxygen atoms in total. The number of rotatable bonds is 5. The van der Waals surface area contributed by atoms with E-state index in [0.717, 1.165) is 10.0 Å². The van der Waals surface area contributed by atoms with Gasteiger partial charge < -0.3 is 15.2 Å². The number of aliphatic hydroxyl groups excluding tert-OH is 1. The zero-order valence-electron chi connectivity index (χ0n) is 9.87. The van der Waals surface area contributed by atoms with E-state index in [0.29, 0.717) is 12.3 Å². The van der Waals surface area contributed by atoms with Gasteiger partial charge in [-0.15, -0.1) is 0 Å². The van der Waals surface area contributed by atoms with E-state index in [2.05, 4.69) is 21.2 Å². The van der Waals surface area contributed by atoms with Crippen molar-refractivity contribution in [3.63, 3.8) is 0 Å². The molecule has 0 bridgehead atoms. The van der Waals surface area contributed by atoms with Crippen LogP contribution in [0.2, 0.25) is 0 Å². The average Bonchev–Trinajstić information content (AvgIpc) is 2.31. The number of carbonyl (C=O) groups excluding carboxylic acids is 1. The normalized spacial score (nSPS) is 12.0. The van der Waals surface area contributed by atoms with Crippen LogP contribution in [0.3, 0.4) is 0 Å². The molecular weight excluding hydrogens is 286 g/mol. The standard InChI is InChI=1S/C12H16BrNO3/c1-3-14-12(16)8(2)17-10-4-5-11(13)9(6-10)7-15/h4-6,8,15H,3,7H2,1-2H3,(H,14,16). The molecular formula is C12H16BrNO3. The summed E-state index contributed by atoms with van der Waals surface area (Å²) in [6.45, 7) is 4.04. The van der Waals surface area contributed by atoms with Crippen molar-refractivity contribution in [3.05, 3.63) is 28.2 Å². The third kappa shape index (κ3) is 4.02. The Hall–Kier alpha value is -1.07. The lowest BCUT2D eigenvalue weighted by molar-refractivity contribution is -0.127. The molecule has 0 spiro atoms. The van der Waals surface area contributed by atoms with Gasteiger partial charge >= 0.3 is 0 Å². The lowest BCUT2D eigenvalue weighted by Crippen LogP contribution is -2.36. The van der Waals surface area contributed by atoms with E-state index in [4.69, 9.17) is 9.84 Å². The average molecular weight is 302 g/mol. The van der Waals surface area contributed by atoms with Crippen LogP contribution in [0.25, 0.3) is 0 Å². The molecule has 0 aliphatic rings. The highest BCUT2D eigenvalue weighted by molar-refractivity contribution is 9.10. The fourth-order valence-corrected chi connectivity index (χ4v) is 1.69. The Kier molecular flexibility index (Phi) is 5.44. The van der Waals surface area contributed by atoms with E-state index in [-0.39, 0.29) is 12.5 Å². The molecule has 0 aliphatic carbocycles. The number of carbonyl (C=O) groups is 1. The molecule has 94 valence electrons. The highest BCUT2D eigenvalue weighted by Gasteiger charge is 2.13. The van der Waals surface area contributed by atoms with Crippen LogP contribution >= 0.6 is 15.9 Å². The quantitative estimate of drug-likeness (QED) is 0.872. The van der Waals surface area contributed by atoms with Crippen molar-refractivity contribution in [1.82, 2.24) is 5.32 Å². The molecule has 17 heavy (non-hydrogen) atoms. The number of nitrogens with one attached hydrogen (secondary N) is 1. The number of aliphatic hydroxyl groups is 1. The summed E-state index contributed by atoms with van der Waals surface area (Å²) in [6.07, 6.45) is -0.553. The number of halogens is 1. The van der Waals surface area contributed by atoms with Gasteiger partial charge in [0.1, 0.15) is 5.75 Å². The van der Waals surface area contributed by atoms with E-state index in [1.165, 1.54) is 0 Å². The van der Waals surface area contributed by atoms with Gasteiger partial charge in [-0.2, -0.15) is 0 Å². The van der Waals surface area contributed by atoms with Gasteiger partial charge in [0.25, 0.3) is 5.91 Å². The number of likely N-dealkylation sites (N-methyl/N-ethyl adjacent to an activating group) is 1. The molecule has 0 aromatic heterocycles. The number of benzene rings is 1. The van der Waals surface area contributed by atoms with Crippen LogP contribution in [0.1, 0.15) is 19.4 Å². The fraction of sp³-hybridized carbons (Fsp3) is 0.417. The first-order chi connectivity index (χ1) is 8.08. The molecule has 1 atom stereocenters. The van der Waals surface area contributed by atoms with Crippen LogP contribution in [0.5, 0.6) is 5.75 Å². The lowest BCUT2D eigenvalue weighted by atomic mass is 10.2. The van der Waals surface area contributed by atoms with E-state index in [1.54, 1.807) is 25.1 Å². The van der Waals surface area contributed by atoms with E-state index in [9.17, 15) is 4.79 Å². The highest BCUT2D eigenvalue weighted by atomic mass is 79.9. The SMILES string of the molecule is CCNC(=O)C(C)Oc1ccc(Br)c(CO)c1. The van der Waals surface area contributed by atoms with Gasteiger partial charge in [-0.25, -0.2) is 0 Å². The Bertz CT molecular complexity index is 395. The number of hydrogen-bond acceptors (Lipinski definition) is 3. The maximum Gasteiger partial charge on any atom is 0.260 e. The van der Waals surface area contributed by atoms with Gasteiger partial charge in [0.15, 0.2) is 6.10 Å². The predicted octanol–water partition coefficient (Wildman–Crippen LogP) is 1.84. The molecule has 0 heterocycles. The third-order valence-corrected chi connectivity index (χ3v) is 2.99. The smallest absolute Gasteiger partial charge is 0.260 e. The van der Waals surface area contributed by atoms with Gasteiger partial charge in [0.2, 0.25) is 0 Å². The topological polar surface area (TPSA) is 58.6 Å². The molecule has 0 fully saturated rings. The first-order valence-electron chi connectivity index (χ1n) is 5.42. The van der Waals surface area contributed by atoms with E-state index in [1.807, 2.05) is 6.92 Å². The summed E-state index contributed by atoms with van der Waals surface area (Å²) in [5.74, 6) is 0.414. The number of hydrogen-bond donors (Lipinski definition) is 2. The predicted molar refractivity (Wildman–Crippen MR) is 68.8 cm³/mol. The summed E-state index contributed by atoms with van der Waals surface area (Å²) in [5.41, 5.74) is 0.727. The summed E-state index contributed by atoms with van der Waals surface area (Å²) < 4.78 is 6.30. The summed E-state index contributed by atoms with van der Waals surface area (Å²) in [5, 5.41) is 11.8. The minimum absolute atomic E-state index is 0.0761. The molecule has 1 aromatic carbocycles. The van der Waals surface area contributed by atoms with Gasteiger partial charge in [0.05, 0.1) is 6.61 Å². The van der Waals surface area contributed by atoms with Gasteiger partial charge in [-0.05, 0) is 37.6 Å². The summed E-state index contributed by atoms with van der Waals surface area (Å²) in [4.78, 5) is 11.5. The maximum absolute atomic E-state index is 11.5. The summed E-state index contributed by atoms with van der Waals surface area (Å²) in [7, 11) is 0. The van der Waals surface area contributed by atoms with Crippen molar-refractivity contribution >= 4 is 21.8 Å². The van der Waals surface area contributed by atoms with Gasteiger partial charge in [-0.1, -0.05) is 15.9 Å². The Morgan fingerprint density at radius 2 is 2.29 bits per heavy atom. The van der Waals surface area contributed by atoms with Crippen molar-refractivity contribution in [3.8, 4) is 5.75 Å². The molecule has 1 unspecified atom stereocenters. The van der Waals surface area contributed by atoms with Crippen LogP contribution in [0.15, 0.2) is 22.7 Å². The molecule has 5 heteroatoms. The van der Waals surface area contributed by atoms with Crippen LogP contribution in [0.4, 0.5) is 0 Å². The maximum atomic E-state index is 11.5. The first kappa shape index (κ1) is 14.0. The van der Waals surface area contributed by atoms with E-state index < -0.39 is 6.10 Å². The Labute approximate surface area is 109 Å². The number of ether oxygens (including phenoxy) is 1. The second-order valence-electron chi connectivity index (χ2n) is 3.57. The largest absolute Gasteiger partial charge is 0.481 e. The lowest BCUT2D eigenvalue weighted by Gasteiger charge is -2.14. The van der Waals surface area contributed by atoms with Crippen LogP contribution < -0.4 is 10.1 Å². The zero-order chi connectivity index (χ0) is 12.8. The van der Waals surface area contributed by atoms with Crippen LogP contribution in [-0.2, 0) is 11.4 Å². The van der Waals surface area contributed by atoms with Crippen molar-refractivity contribution in [2.45, 2.75) is 26.6 Å². The van der Waals surface area contributed by atoms with Gasteiger partial charge in [0, 0.05) is 11.0 Å². The Morgan fingerprint density at radius 3 is 2.88 bits per heavy atom. The molecule has 0 aliphatic heterocycles. The molecule has 1 aromatic rings. The minimum atomic E-state index is -0.553. The van der Waals surface area contributed by atoms with Crippen molar-refractivity contribution in [2.75, 3.05) is 6.54 Å². The number of amides is 1. The molecule has 0 saturated carbocycles. The second-order valence-corrected chi connectivity index (χ2v) is 4.42. The monoisotopic (exact) mass is 301 g/mol. The highest BCUT2D eigenvalue weighted by Crippen LogP contribution is 2.23. The fourth-order valence-electron chi connectivity index (χ4n) is 1.32. The minimum Gasteiger partial charge on any atom is -0.481 e. The molecule has 1 amide bonds. The zero-order valence-corrected chi connectivity index (χ0v) is 11.5. The Morgan fingerprint density at radius 1 is 1.59 bits per heavy atom. The first-order valence-corrected chi connectivity index (χ1v) is 6.21.